The van der Waals surface area contributed by atoms with Gasteiger partial charge in [-0.2, -0.15) is 0 Å². The summed E-state index contributed by atoms with van der Waals surface area (Å²) in [6.07, 6.45) is -1.12. The number of carbonyl (C=O) groups excluding carboxylic acids is 2. The van der Waals surface area contributed by atoms with Crippen LogP contribution in [0.25, 0.3) is 0 Å². The number of aliphatic carboxylic acids is 1. The number of ether oxygens (including phenoxy) is 1. The molecule has 11 nitrogen and oxygen atoms in total. The van der Waals surface area contributed by atoms with Crippen LogP contribution in [0.1, 0.15) is 11.1 Å². The Bertz CT molecular complexity index is 918. The molecule has 4 N–H and O–H groups in total. The molecule has 0 saturated carbocycles. The molecule has 2 aromatic carbocycles. The van der Waals surface area contributed by atoms with Gasteiger partial charge in [-0.3, -0.25) is 14.9 Å². The predicted octanol–water partition coefficient (Wildman–Crippen LogP) is 0.994. The molecule has 2 amide bonds. The molecule has 0 aliphatic carbocycles. The third-order valence-corrected chi connectivity index (χ3v) is 4.21. The first-order valence-electron chi connectivity index (χ1n) is 9.14. The van der Waals surface area contributed by atoms with E-state index >= 15 is 0 Å². The summed E-state index contributed by atoms with van der Waals surface area (Å²) in [7, 11) is 0. The Morgan fingerprint density at radius 3 is 2.16 bits per heavy atom. The summed E-state index contributed by atoms with van der Waals surface area (Å²) in [4.78, 5) is 45.8. The molecule has 0 aliphatic rings. The first-order chi connectivity index (χ1) is 14.8. The molecule has 0 radical (unpaired) electrons. The zero-order chi connectivity index (χ0) is 22.8. The van der Waals surface area contributed by atoms with Gasteiger partial charge in [-0.15, -0.1) is 0 Å². The van der Waals surface area contributed by atoms with Gasteiger partial charge in [-0.05, 0) is 11.1 Å². The van der Waals surface area contributed by atoms with Crippen molar-refractivity contribution in [2.24, 2.45) is 0 Å². The number of benzene rings is 2. The summed E-state index contributed by atoms with van der Waals surface area (Å²) in [5.41, 5.74) is 1.00. The lowest BCUT2D eigenvalue weighted by atomic mass is 10.1. The van der Waals surface area contributed by atoms with Crippen LogP contribution in [0, 0.1) is 10.1 Å². The number of hydrogen-bond donors (Lipinski definition) is 4. The van der Waals surface area contributed by atoms with Crippen LogP contribution < -0.4 is 10.6 Å². The van der Waals surface area contributed by atoms with E-state index in [-0.39, 0.29) is 18.7 Å². The summed E-state index contributed by atoms with van der Waals surface area (Å²) in [6, 6.07) is 11.2. The smallest absolute Gasteiger partial charge is 0.408 e. The van der Waals surface area contributed by atoms with Crippen molar-refractivity contribution in [2.45, 2.75) is 25.1 Å². The standard InChI is InChI=1S/C20H21N3O8/c24-11-17(22-20(28)31-12-14-4-2-1-3-5-14)18(25)21-16(19(26)27)10-13-6-8-15(9-7-13)23(29)30/h1-9,16-17,24H,10-12H2,(H,21,25)(H,22,28)(H,26,27)/t16-,17+/m1/s1. The second-order valence-corrected chi connectivity index (χ2v) is 6.47. The predicted molar refractivity (Wildman–Crippen MR) is 107 cm³/mol. The van der Waals surface area contributed by atoms with Crippen molar-refractivity contribution < 1.29 is 34.3 Å². The number of nitro groups is 1. The molecule has 0 unspecified atom stereocenters. The molecule has 2 rings (SSSR count). The molecule has 0 aromatic heterocycles. The van der Waals surface area contributed by atoms with Crippen molar-refractivity contribution in [1.82, 2.24) is 10.6 Å². The number of rotatable bonds is 10. The van der Waals surface area contributed by atoms with Crippen molar-refractivity contribution in [1.29, 1.82) is 0 Å². The lowest BCUT2D eigenvalue weighted by Crippen LogP contribution is -2.53. The lowest BCUT2D eigenvalue weighted by Gasteiger charge is -2.20. The van der Waals surface area contributed by atoms with E-state index in [0.717, 1.165) is 5.56 Å². The molecule has 11 heteroatoms. The molecular weight excluding hydrogens is 410 g/mol. The van der Waals surface area contributed by atoms with Gasteiger partial charge in [0.1, 0.15) is 18.7 Å². The van der Waals surface area contributed by atoms with E-state index in [4.69, 9.17) is 4.74 Å². The van der Waals surface area contributed by atoms with E-state index in [9.17, 15) is 34.7 Å². The Balaban J connectivity index is 1.93. The number of non-ortho nitro benzene ring substituents is 1. The fourth-order valence-corrected chi connectivity index (χ4v) is 2.56. The van der Waals surface area contributed by atoms with Gasteiger partial charge in [0, 0.05) is 18.6 Å². The minimum absolute atomic E-state index is 0.0513. The molecule has 0 spiro atoms. The Kier molecular flexibility index (Phi) is 8.46. The number of hydrogen-bond acceptors (Lipinski definition) is 7. The average molecular weight is 431 g/mol. The van der Waals surface area contributed by atoms with E-state index in [1.807, 2.05) is 0 Å². The molecule has 0 fully saturated rings. The Hall–Kier alpha value is -3.99. The molecule has 2 atom stereocenters. The lowest BCUT2D eigenvalue weighted by molar-refractivity contribution is -0.384. The number of aliphatic hydroxyl groups is 1. The number of carbonyl (C=O) groups is 3. The highest BCUT2D eigenvalue weighted by Gasteiger charge is 2.27. The third kappa shape index (κ3) is 7.40. The van der Waals surface area contributed by atoms with Crippen LogP contribution in [0.3, 0.4) is 0 Å². The monoisotopic (exact) mass is 431 g/mol. The quantitative estimate of drug-likeness (QED) is 0.319. The number of aliphatic hydroxyl groups excluding tert-OH is 1. The molecule has 164 valence electrons. The zero-order valence-corrected chi connectivity index (χ0v) is 16.3. The van der Waals surface area contributed by atoms with Crippen LogP contribution in [0.2, 0.25) is 0 Å². The minimum Gasteiger partial charge on any atom is -0.480 e. The Morgan fingerprint density at radius 2 is 1.61 bits per heavy atom. The number of amides is 2. The van der Waals surface area contributed by atoms with Crippen molar-refractivity contribution in [3.8, 4) is 0 Å². The summed E-state index contributed by atoms with van der Waals surface area (Å²) in [5, 5.41) is 33.9. The van der Waals surface area contributed by atoms with Gasteiger partial charge in [0.05, 0.1) is 11.5 Å². The number of carboxylic acid groups (broad SMARTS) is 1. The third-order valence-electron chi connectivity index (χ3n) is 4.21. The summed E-state index contributed by atoms with van der Waals surface area (Å²) < 4.78 is 4.98. The minimum atomic E-state index is -1.43. The van der Waals surface area contributed by atoms with Crippen molar-refractivity contribution in [3.05, 3.63) is 75.8 Å². The van der Waals surface area contributed by atoms with Crippen molar-refractivity contribution in [2.75, 3.05) is 6.61 Å². The van der Waals surface area contributed by atoms with Gasteiger partial charge in [-0.25, -0.2) is 9.59 Å². The highest BCUT2D eigenvalue weighted by molar-refractivity contribution is 5.89. The number of nitrogens with one attached hydrogen (secondary N) is 2. The first-order valence-corrected chi connectivity index (χ1v) is 9.14. The number of nitro benzene ring substituents is 1. The van der Waals surface area contributed by atoms with Gasteiger partial charge in [0.25, 0.3) is 5.69 Å². The summed E-state index contributed by atoms with van der Waals surface area (Å²) >= 11 is 0. The van der Waals surface area contributed by atoms with Gasteiger partial charge >= 0.3 is 12.1 Å². The second kappa shape index (κ2) is 11.3. The maximum absolute atomic E-state index is 12.3. The molecule has 31 heavy (non-hydrogen) atoms. The van der Waals surface area contributed by atoms with Gasteiger partial charge < -0.3 is 25.6 Å². The number of alkyl carbamates (subject to hydrolysis) is 1. The van der Waals surface area contributed by atoms with Crippen LogP contribution in [0.5, 0.6) is 0 Å². The van der Waals surface area contributed by atoms with Crippen molar-refractivity contribution in [3.63, 3.8) is 0 Å². The van der Waals surface area contributed by atoms with Crippen LogP contribution in [0.15, 0.2) is 54.6 Å². The highest BCUT2D eigenvalue weighted by Crippen LogP contribution is 2.13. The van der Waals surface area contributed by atoms with Crippen LogP contribution >= 0.6 is 0 Å². The van der Waals surface area contributed by atoms with E-state index in [1.54, 1.807) is 30.3 Å². The Labute approximate surface area is 176 Å². The molecule has 0 heterocycles. The molecule has 0 saturated heterocycles. The van der Waals surface area contributed by atoms with Gasteiger partial charge in [0.15, 0.2) is 0 Å². The van der Waals surface area contributed by atoms with E-state index in [1.165, 1.54) is 24.3 Å². The first kappa shape index (κ1) is 23.3. The van der Waals surface area contributed by atoms with E-state index < -0.39 is 41.6 Å². The normalized spacial score (nSPS) is 12.3. The SMILES string of the molecule is O=C(N[C@@H](CO)C(=O)N[C@H](Cc1ccc([N+](=O)[O-])cc1)C(=O)O)OCc1ccccc1. The fourth-order valence-electron chi connectivity index (χ4n) is 2.56. The summed E-state index contributed by atoms with van der Waals surface area (Å²) in [6.45, 7) is -0.833. The molecule has 0 aliphatic heterocycles. The van der Waals surface area contributed by atoms with E-state index in [2.05, 4.69) is 10.6 Å². The maximum atomic E-state index is 12.3. The maximum Gasteiger partial charge on any atom is 0.408 e. The molecular formula is C20H21N3O8. The van der Waals surface area contributed by atoms with Gasteiger partial charge in [0.2, 0.25) is 5.91 Å². The zero-order valence-electron chi connectivity index (χ0n) is 16.3. The summed E-state index contributed by atoms with van der Waals surface area (Å²) in [5.74, 6) is -2.27. The number of nitrogens with zero attached hydrogens (tertiary/aromatic N) is 1. The highest BCUT2D eigenvalue weighted by atomic mass is 16.6. The van der Waals surface area contributed by atoms with Crippen molar-refractivity contribution >= 4 is 23.7 Å². The topological polar surface area (TPSA) is 168 Å². The second-order valence-electron chi connectivity index (χ2n) is 6.47. The molecule has 0 bridgehead atoms. The fraction of sp³-hybridized carbons (Fsp3) is 0.250. The number of carboxylic acids is 1. The molecule has 2 aromatic rings. The van der Waals surface area contributed by atoms with Crippen LogP contribution in [-0.4, -0.2) is 51.8 Å². The van der Waals surface area contributed by atoms with Crippen LogP contribution in [0.4, 0.5) is 10.5 Å². The largest absolute Gasteiger partial charge is 0.480 e. The van der Waals surface area contributed by atoms with Gasteiger partial charge in [-0.1, -0.05) is 42.5 Å². The van der Waals surface area contributed by atoms with Crippen LogP contribution in [-0.2, 0) is 27.4 Å². The van der Waals surface area contributed by atoms with E-state index in [0.29, 0.717) is 5.56 Å². The Morgan fingerprint density at radius 1 is 0.968 bits per heavy atom. The average Bonchev–Trinajstić information content (AvgIpc) is 2.76.